The molecule has 1 atom stereocenters. The Balaban J connectivity index is 2.12. The summed E-state index contributed by atoms with van der Waals surface area (Å²) in [4.78, 5) is 12.3. The Labute approximate surface area is 118 Å². The molecule has 1 aliphatic rings. The molecule has 3 rings (SSSR count). The first-order valence-electron chi connectivity index (χ1n) is 6.89. The topological polar surface area (TPSA) is 49.3 Å². The standard InChI is InChI=1S/C17H17NO2/c1-2-6-12-7-5-8-13(11-12)17(20)14-9-3-4-10-15(14)18-16(17)19/h3-5,7-11,20H,2,6H2,1H3,(H,18,19). The van der Waals surface area contributed by atoms with Gasteiger partial charge in [0.1, 0.15) is 0 Å². The third-order valence-corrected chi connectivity index (χ3v) is 3.78. The molecular formula is C17H17NO2. The van der Waals surface area contributed by atoms with Gasteiger partial charge in [0.2, 0.25) is 0 Å². The molecule has 102 valence electrons. The van der Waals surface area contributed by atoms with Gasteiger partial charge in [-0.2, -0.15) is 0 Å². The van der Waals surface area contributed by atoms with Gasteiger partial charge in [-0.1, -0.05) is 55.8 Å². The van der Waals surface area contributed by atoms with E-state index in [1.165, 1.54) is 0 Å². The Bertz CT molecular complexity index is 666. The fourth-order valence-corrected chi connectivity index (χ4v) is 2.77. The van der Waals surface area contributed by atoms with Gasteiger partial charge in [0.05, 0.1) is 0 Å². The summed E-state index contributed by atoms with van der Waals surface area (Å²) in [5, 5.41) is 13.7. The number of aliphatic hydroxyl groups is 1. The molecule has 0 fully saturated rings. The van der Waals surface area contributed by atoms with Crippen molar-refractivity contribution in [2.45, 2.75) is 25.4 Å². The normalized spacial score (nSPS) is 20.6. The molecule has 0 aromatic heterocycles. The van der Waals surface area contributed by atoms with E-state index in [-0.39, 0.29) is 5.91 Å². The van der Waals surface area contributed by atoms with E-state index in [0.717, 1.165) is 18.4 Å². The molecule has 2 N–H and O–H groups in total. The minimum atomic E-state index is -1.58. The Morgan fingerprint density at radius 3 is 2.75 bits per heavy atom. The van der Waals surface area contributed by atoms with E-state index in [1.54, 1.807) is 18.2 Å². The zero-order chi connectivity index (χ0) is 14.2. The van der Waals surface area contributed by atoms with Gasteiger partial charge in [-0.25, -0.2) is 0 Å². The van der Waals surface area contributed by atoms with Gasteiger partial charge >= 0.3 is 0 Å². The SMILES string of the molecule is CCCc1cccc(C2(O)C(=O)Nc3ccccc32)c1. The van der Waals surface area contributed by atoms with Crippen molar-refractivity contribution < 1.29 is 9.90 Å². The van der Waals surface area contributed by atoms with E-state index >= 15 is 0 Å². The number of para-hydroxylation sites is 1. The van der Waals surface area contributed by atoms with E-state index in [9.17, 15) is 9.90 Å². The van der Waals surface area contributed by atoms with Crippen LogP contribution in [0.4, 0.5) is 5.69 Å². The van der Waals surface area contributed by atoms with Gasteiger partial charge in [-0.3, -0.25) is 4.79 Å². The highest BCUT2D eigenvalue weighted by atomic mass is 16.3. The van der Waals surface area contributed by atoms with Crippen molar-refractivity contribution in [1.29, 1.82) is 0 Å². The summed E-state index contributed by atoms with van der Waals surface area (Å²) in [5.74, 6) is -0.382. The molecule has 2 aromatic rings. The third kappa shape index (κ3) is 1.82. The summed E-state index contributed by atoms with van der Waals surface area (Å²) >= 11 is 0. The number of amides is 1. The smallest absolute Gasteiger partial charge is 0.265 e. The summed E-state index contributed by atoms with van der Waals surface area (Å²) < 4.78 is 0. The second-order valence-corrected chi connectivity index (χ2v) is 5.16. The summed E-state index contributed by atoms with van der Waals surface area (Å²) in [6, 6.07) is 14.9. The molecule has 1 unspecified atom stereocenters. The van der Waals surface area contributed by atoms with Crippen LogP contribution in [0.1, 0.15) is 30.0 Å². The zero-order valence-electron chi connectivity index (χ0n) is 11.4. The molecule has 1 amide bonds. The quantitative estimate of drug-likeness (QED) is 0.898. The molecule has 0 saturated heterocycles. The average molecular weight is 267 g/mol. The zero-order valence-corrected chi connectivity index (χ0v) is 11.4. The van der Waals surface area contributed by atoms with Crippen LogP contribution in [-0.4, -0.2) is 11.0 Å². The lowest BCUT2D eigenvalue weighted by molar-refractivity contribution is -0.129. The highest BCUT2D eigenvalue weighted by molar-refractivity contribution is 6.07. The molecule has 0 saturated carbocycles. The number of benzene rings is 2. The molecule has 0 radical (unpaired) electrons. The number of hydrogen-bond acceptors (Lipinski definition) is 2. The first-order valence-corrected chi connectivity index (χ1v) is 6.89. The number of aryl methyl sites for hydroxylation is 1. The van der Waals surface area contributed by atoms with E-state index in [2.05, 4.69) is 12.2 Å². The number of nitrogens with one attached hydrogen (secondary N) is 1. The number of anilines is 1. The van der Waals surface area contributed by atoms with Gasteiger partial charge in [0.25, 0.3) is 5.91 Å². The summed E-state index contributed by atoms with van der Waals surface area (Å²) in [7, 11) is 0. The Hall–Kier alpha value is -2.13. The van der Waals surface area contributed by atoms with E-state index in [0.29, 0.717) is 16.8 Å². The largest absolute Gasteiger partial charge is 0.372 e. The number of rotatable bonds is 3. The van der Waals surface area contributed by atoms with Crippen LogP contribution in [-0.2, 0) is 16.8 Å². The second-order valence-electron chi connectivity index (χ2n) is 5.16. The third-order valence-electron chi connectivity index (χ3n) is 3.78. The molecule has 0 spiro atoms. The molecule has 3 nitrogen and oxygen atoms in total. The van der Waals surface area contributed by atoms with Crippen molar-refractivity contribution >= 4 is 11.6 Å². The maximum absolute atomic E-state index is 12.3. The van der Waals surface area contributed by atoms with Crippen molar-refractivity contribution in [3.63, 3.8) is 0 Å². The highest BCUT2D eigenvalue weighted by Crippen LogP contribution is 2.40. The Morgan fingerprint density at radius 2 is 1.95 bits per heavy atom. The fourth-order valence-electron chi connectivity index (χ4n) is 2.77. The minimum absolute atomic E-state index is 0.382. The van der Waals surface area contributed by atoms with Crippen molar-refractivity contribution in [1.82, 2.24) is 0 Å². The van der Waals surface area contributed by atoms with Crippen LogP contribution in [0.25, 0.3) is 0 Å². The first-order chi connectivity index (χ1) is 9.66. The Kier molecular flexibility index (Phi) is 3.07. The predicted molar refractivity (Wildman–Crippen MR) is 78.5 cm³/mol. The van der Waals surface area contributed by atoms with Gasteiger partial charge in [0, 0.05) is 11.3 Å². The van der Waals surface area contributed by atoms with Gasteiger partial charge < -0.3 is 10.4 Å². The minimum Gasteiger partial charge on any atom is -0.372 e. The van der Waals surface area contributed by atoms with Crippen LogP contribution in [0.3, 0.4) is 0 Å². The van der Waals surface area contributed by atoms with Crippen LogP contribution in [0.15, 0.2) is 48.5 Å². The maximum atomic E-state index is 12.3. The number of carbonyl (C=O) groups excluding carboxylic acids is 1. The van der Waals surface area contributed by atoms with Crippen LogP contribution in [0.2, 0.25) is 0 Å². The lowest BCUT2D eigenvalue weighted by Gasteiger charge is -2.22. The summed E-state index contributed by atoms with van der Waals surface area (Å²) in [5.41, 5.74) is 1.49. The van der Waals surface area contributed by atoms with E-state index in [1.807, 2.05) is 30.3 Å². The predicted octanol–water partition coefficient (Wildman–Crippen LogP) is 2.83. The summed E-state index contributed by atoms with van der Waals surface area (Å²) in [6.45, 7) is 2.11. The van der Waals surface area contributed by atoms with Gasteiger partial charge in [0.15, 0.2) is 5.60 Å². The van der Waals surface area contributed by atoms with Gasteiger partial charge in [-0.05, 0) is 23.6 Å². The lowest BCUT2D eigenvalue weighted by Crippen LogP contribution is -2.35. The second kappa shape index (κ2) is 4.76. The van der Waals surface area contributed by atoms with Crippen LogP contribution >= 0.6 is 0 Å². The van der Waals surface area contributed by atoms with Crippen LogP contribution in [0.5, 0.6) is 0 Å². The molecular weight excluding hydrogens is 250 g/mol. The van der Waals surface area contributed by atoms with E-state index in [4.69, 9.17) is 0 Å². The molecule has 0 aliphatic carbocycles. The molecule has 0 bridgehead atoms. The molecule has 20 heavy (non-hydrogen) atoms. The van der Waals surface area contributed by atoms with Crippen LogP contribution < -0.4 is 5.32 Å². The average Bonchev–Trinajstić information content (AvgIpc) is 2.73. The molecule has 2 aromatic carbocycles. The number of carbonyl (C=O) groups is 1. The summed E-state index contributed by atoms with van der Waals surface area (Å²) in [6.07, 6.45) is 1.97. The fraction of sp³-hybridized carbons (Fsp3) is 0.235. The highest BCUT2D eigenvalue weighted by Gasteiger charge is 2.46. The van der Waals surface area contributed by atoms with Crippen LogP contribution in [0, 0.1) is 0 Å². The van der Waals surface area contributed by atoms with Gasteiger partial charge in [-0.15, -0.1) is 0 Å². The molecule has 3 heteroatoms. The van der Waals surface area contributed by atoms with E-state index < -0.39 is 5.60 Å². The van der Waals surface area contributed by atoms with Crippen molar-refractivity contribution in [3.05, 3.63) is 65.2 Å². The lowest BCUT2D eigenvalue weighted by atomic mass is 9.86. The Morgan fingerprint density at radius 1 is 1.15 bits per heavy atom. The van der Waals surface area contributed by atoms with Crippen molar-refractivity contribution in [2.24, 2.45) is 0 Å². The monoisotopic (exact) mass is 267 g/mol. The first kappa shape index (κ1) is 12.9. The molecule has 1 aliphatic heterocycles. The van der Waals surface area contributed by atoms with Crippen molar-refractivity contribution in [3.8, 4) is 0 Å². The van der Waals surface area contributed by atoms with Crippen molar-refractivity contribution in [2.75, 3.05) is 5.32 Å². The maximum Gasteiger partial charge on any atom is 0.265 e. The molecule has 1 heterocycles. The number of fused-ring (bicyclic) bond motifs is 1. The number of hydrogen-bond donors (Lipinski definition) is 2.